The topological polar surface area (TPSA) is 53.1 Å². The van der Waals surface area contributed by atoms with E-state index in [0.29, 0.717) is 30.4 Å². The second-order valence-electron chi connectivity index (χ2n) is 4.26. The SMILES string of the molecule is Nc1c2c(nn1-c1cccc(C(F)(F)F)c1)COC2. The van der Waals surface area contributed by atoms with Gasteiger partial charge < -0.3 is 10.5 Å². The van der Waals surface area contributed by atoms with E-state index in [1.54, 1.807) is 0 Å². The van der Waals surface area contributed by atoms with Gasteiger partial charge in [-0.1, -0.05) is 6.07 Å². The zero-order valence-corrected chi connectivity index (χ0v) is 9.74. The molecule has 0 aliphatic carbocycles. The summed E-state index contributed by atoms with van der Waals surface area (Å²) >= 11 is 0. The number of anilines is 1. The molecule has 1 aliphatic rings. The third kappa shape index (κ3) is 1.95. The van der Waals surface area contributed by atoms with Gasteiger partial charge in [0.15, 0.2) is 0 Å². The van der Waals surface area contributed by atoms with Crippen molar-refractivity contribution in [1.29, 1.82) is 0 Å². The Morgan fingerprint density at radius 1 is 1.26 bits per heavy atom. The van der Waals surface area contributed by atoms with Crippen LogP contribution in [-0.4, -0.2) is 9.78 Å². The second kappa shape index (κ2) is 3.99. The lowest BCUT2D eigenvalue weighted by molar-refractivity contribution is -0.137. The van der Waals surface area contributed by atoms with Crippen LogP contribution in [0.3, 0.4) is 0 Å². The maximum Gasteiger partial charge on any atom is 0.416 e. The summed E-state index contributed by atoms with van der Waals surface area (Å²) < 4.78 is 44.5. The van der Waals surface area contributed by atoms with Crippen LogP contribution >= 0.6 is 0 Å². The summed E-state index contributed by atoms with van der Waals surface area (Å²) in [5.74, 6) is 0.326. The summed E-state index contributed by atoms with van der Waals surface area (Å²) in [6.45, 7) is 0.686. The highest BCUT2D eigenvalue weighted by atomic mass is 19.4. The molecular weight excluding hydrogens is 259 g/mol. The van der Waals surface area contributed by atoms with Crippen molar-refractivity contribution in [1.82, 2.24) is 9.78 Å². The van der Waals surface area contributed by atoms with E-state index in [1.165, 1.54) is 16.8 Å². The third-order valence-electron chi connectivity index (χ3n) is 3.01. The molecule has 7 heteroatoms. The Morgan fingerprint density at radius 2 is 2.05 bits per heavy atom. The van der Waals surface area contributed by atoms with Crippen LogP contribution in [0.15, 0.2) is 24.3 Å². The molecule has 0 radical (unpaired) electrons. The number of rotatable bonds is 1. The molecule has 0 amide bonds. The van der Waals surface area contributed by atoms with E-state index in [0.717, 1.165) is 17.7 Å². The first-order chi connectivity index (χ1) is 8.97. The molecule has 0 saturated heterocycles. The number of nitrogens with zero attached hydrogens (tertiary/aromatic N) is 2. The Morgan fingerprint density at radius 3 is 2.74 bits per heavy atom. The summed E-state index contributed by atoms with van der Waals surface area (Å²) in [6, 6.07) is 4.91. The zero-order valence-electron chi connectivity index (χ0n) is 9.74. The van der Waals surface area contributed by atoms with Crippen molar-refractivity contribution in [2.75, 3.05) is 5.73 Å². The normalized spacial score (nSPS) is 14.7. The lowest BCUT2D eigenvalue weighted by Gasteiger charge is -2.10. The highest BCUT2D eigenvalue weighted by Gasteiger charge is 2.31. The number of fused-ring (bicyclic) bond motifs is 1. The first kappa shape index (κ1) is 12.0. The van der Waals surface area contributed by atoms with E-state index < -0.39 is 11.7 Å². The summed E-state index contributed by atoms with van der Waals surface area (Å²) in [6.07, 6.45) is -4.39. The van der Waals surface area contributed by atoms with Gasteiger partial charge in [0.1, 0.15) is 5.82 Å². The van der Waals surface area contributed by atoms with Crippen molar-refractivity contribution < 1.29 is 17.9 Å². The van der Waals surface area contributed by atoms with Crippen LogP contribution in [0.1, 0.15) is 16.8 Å². The number of nitrogens with two attached hydrogens (primary N) is 1. The number of halogens is 3. The van der Waals surface area contributed by atoms with E-state index in [2.05, 4.69) is 5.10 Å². The molecule has 2 heterocycles. The fraction of sp³-hybridized carbons (Fsp3) is 0.250. The quantitative estimate of drug-likeness (QED) is 0.865. The fourth-order valence-corrected chi connectivity index (χ4v) is 2.04. The van der Waals surface area contributed by atoms with Crippen molar-refractivity contribution in [3.8, 4) is 5.69 Å². The largest absolute Gasteiger partial charge is 0.416 e. The predicted molar refractivity (Wildman–Crippen MR) is 61.5 cm³/mol. The van der Waals surface area contributed by atoms with Gasteiger partial charge in [-0.25, -0.2) is 4.68 Å². The molecule has 19 heavy (non-hydrogen) atoms. The molecular formula is C12H10F3N3O. The van der Waals surface area contributed by atoms with Crippen LogP contribution in [0.5, 0.6) is 0 Å². The predicted octanol–water partition coefficient (Wildman–Crippen LogP) is 2.50. The van der Waals surface area contributed by atoms with Crippen molar-refractivity contribution >= 4 is 5.82 Å². The van der Waals surface area contributed by atoms with Crippen LogP contribution in [0.2, 0.25) is 0 Å². The molecule has 0 spiro atoms. The molecule has 100 valence electrons. The highest BCUT2D eigenvalue weighted by Crippen LogP contribution is 2.32. The molecule has 2 aromatic rings. The molecule has 1 aromatic carbocycles. The van der Waals surface area contributed by atoms with E-state index in [9.17, 15) is 13.2 Å². The van der Waals surface area contributed by atoms with Crippen molar-refractivity contribution in [2.24, 2.45) is 0 Å². The summed E-state index contributed by atoms with van der Waals surface area (Å²) in [4.78, 5) is 0. The summed E-state index contributed by atoms with van der Waals surface area (Å²) in [5, 5.41) is 4.18. The molecule has 3 rings (SSSR count). The number of nitrogen functional groups attached to an aromatic ring is 1. The van der Waals surface area contributed by atoms with Gasteiger partial charge in [-0.15, -0.1) is 0 Å². The molecule has 0 unspecified atom stereocenters. The molecule has 2 N–H and O–H groups in total. The van der Waals surface area contributed by atoms with Crippen LogP contribution in [0.25, 0.3) is 5.69 Å². The molecule has 0 bridgehead atoms. The highest BCUT2D eigenvalue weighted by molar-refractivity contribution is 5.51. The summed E-state index contributed by atoms with van der Waals surface area (Å²) in [7, 11) is 0. The lowest BCUT2D eigenvalue weighted by atomic mass is 10.2. The molecule has 1 aromatic heterocycles. The number of hydrogen-bond donors (Lipinski definition) is 1. The minimum Gasteiger partial charge on any atom is -0.383 e. The number of aromatic nitrogens is 2. The molecule has 1 aliphatic heterocycles. The van der Waals surface area contributed by atoms with Crippen LogP contribution < -0.4 is 5.73 Å². The lowest BCUT2D eigenvalue weighted by Crippen LogP contribution is -2.08. The Balaban J connectivity index is 2.08. The Labute approximate surface area is 106 Å². The molecule has 0 fully saturated rings. The average Bonchev–Trinajstić information content (AvgIpc) is 2.92. The zero-order chi connectivity index (χ0) is 13.6. The van der Waals surface area contributed by atoms with Crippen molar-refractivity contribution in [3.63, 3.8) is 0 Å². The minimum atomic E-state index is -4.39. The Kier molecular flexibility index (Phi) is 2.53. The van der Waals surface area contributed by atoms with Crippen LogP contribution in [0, 0.1) is 0 Å². The van der Waals surface area contributed by atoms with E-state index in [1.807, 2.05) is 0 Å². The van der Waals surface area contributed by atoms with Gasteiger partial charge in [0, 0.05) is 5.56 Å². The van der Waals surface area contributed by atoms with Gasteiger partial charge in [0.25, 0.3) is 0 Å². The standard InChI is InChI=1S/C12H10F3N3O/c13-12(14,15)7-2-1-3-8(4-7)18-11(16)9-5-19-6-10(9)17-18/h1-4H,5-6,16H2. The maximum absolute atomic E-state index is 12.7. The van der Waals surface area contributed by atoms with Crippen LogP contribution in [-0.2, 0) is 24.1 Å². The first-order valence-electron chi connectivity index (χ1n) is 5.58. The van der Waals surface area contributed by atoms with Crippen molar-refractivity contribution in [2.45, 2.75) is 19.4 Å². The molecule has 4 nitrogen and oxygen atoms in total. The number of alkyl halides is 3. The number of benzene rings is 1. The summed E-state index contributed by atoms with van der Waals surface area (Å²) in [5.41, 5.74) is 6.88. The second-order valence-corrected chi connectivity index (χ2v) is 4.26. The molecule has 0 atom stereocenters. The maximum atomic E-state index is 12.7. The average molecular weight is 269 g/mol. The van der Waals surface area contributed by atoms with E-state index in [-0.39, 0.29) is 0 Å². The Hall–Kier alpha value is -2.02. The van der Waals surface area contributed by atoms with E-state index in [4.69, 9.17) is 10.5 Å². The van der Waals surface area contributed by atoms with Gasteiger partial charge in [-0.3, -0.25) is 0 Å². The number of ether oxygens (including phenoxy) is 1. The monoisotopic (exact) mass is 269 g/mol. The third-order valence-corrected chi connectivity index (χ3v) is 3.01. The van der Waals surface area contributed by atoms with Gasteiger partial charge in [0.2, 0.25) is 0 Å². The first-order valence-corrected chi connectivity index (χ1v) is 5.58. The van der Waals surface area contributed by atoms with Gasteiger partial charge in [-0.2, -0.15) is 18.3 Å². The van der Waals surface area contributed by atoms with Crippen LogP contribution in [0.4, 0.5) is 19.0 Å². The van der Waals surface area contributed by atoms with Crippen molar-refractivity contribution in [3.05, 3.63) is 41.1 Å². The molecule has 0 saturated carbocycles. The van der Waals surface area contributed by atoms with Gasteiger partial charge in [-0.05, 0) is 18.2 Å². The van der Waals surface area contributed by atoms with E-state index >= 15 is 0 Å². The minimum absolute atomic E-state index is 0.293. The fourth-order valence-electron chi connectivity index (χ4n) is 2.04. The van der Waals surface area contributed by atoms with Gasteiger partial charge >= 0.3 is 6.18 Å². The Bertz CT molecular complexity index is 634. The number of hydrogen-bond acceptors (Lipinski definition) is 3. The smallest absolute Gasteiger partial charge is 0.383 e. The van der Waals surface area contributed by atoms with Gasteiger partial charge in [0.05, 0.1) is 30.2 Å².